The van der Waals surface area contributed by atoms with Crippen LogP contribution in [0.15, 0.2) is 36.4 Å². The highest BCUT2D eigenvalue weighted by Gasteiger charge is 2.16. The van der Waals surface area contributed by atoms with Gasteiger partial charge in [0.15, 0.2) is 0 Å². The average Bonchev–Trinajstić information content (AvgIpc) is 2.33. The number of hydrogen-bond acceptors (Lipinski definition) is 2. The molecule has 0 heterocycles. The van der Waals surface area contributed by atoms with E-state index >= 15 is 0 Å². The Bertz CT molecular complexity index is 385. The number of carboxylic acids is 1. The van der Waals surface area contributed by atoms with Crippen molar-refractivity contribution in [2.24, 2.45) is 5.92 Å². The van der Waals surface area contributed by atoms with Gasteiger partial charge in [0, 0.05) is 6.54 Å². The van der Waals surface area contributed by atoms with E-state index in [1.165, 1.54) is 0 Å². The standard InChI is InChI=1S/C15H21NO2/c1-12(2)11-14(15(17)18)16-10-6-9-13-7-4-3-5-8-13/h3-9,12,14,16H,10-11H2,1-2H3,(H,17,18)/b9-6-/t14-/m0/s1. The van der Waals surface area contributed by atoms with Crippen LogP contribution in [0, 0.1) is 5.92 Å². The molecule has 0 spiro atoms. The largest absolute Gasteiger partial charge is 0.480 e. The zero-order valence-corrected chi connectivity index (χ0v) is 11.0. The quantitative estimate of drug-likeness (QED) is 0.779. The van der Waals surface area contributed by atoms with Gasteiger partial charge in [-0.3, -0.25) is 4.79 Å². The number of rotatable bonds is 7. The molecule has 0 amide bonds. The number of benzene rings is 1. The molecule has 3 nitrogen and oxygen atoms in total. The molecule has 18 heavy (non-hydrogen) atoms. The van der Waals surface area contributed by atoms with Crippen LogP contribution < -0.4 is 5.32 Å². The third kappa shape index (κ3) is 5.64. The summed E-state index contributed by atoms with van der Waals surface area (Å²) in [5.74, 6) is -0.409. The second kappa shape index (κ2) is 7.67. The maximum atomic E-state index is 11.0. The fourth-order valence-electron chi connectivity index (χ4n) is 1.71. The van der Waals surface area contributed by atoms with E-state index in [0.717, 1.165) is 5.56 Å². The van der Waals surface area contributed by atoms with E-state index in [1.54, 1.807) is 0 Å². The number of nitrogens with one attached hydrogen (secondary N) is 1. The van der Waals surface area contributed by atoms with E-state index in [-0.39, 0.29) is 0 Å². The maximum absolute atomic E-state index is 11.0. The van der Waals surface area contributed by atoms with Gasteiger partial charge in [-0.15, -0.1) is 0 Å². The monoisotopic (exact) mass is 247 g/mol. The van der Waals surface area contributed by atoms with Crippen LogP contribution in [0.3, 0.4) is 0 Å². The summed E-state index contributed by atoms with van der Waals surface area (Å²) in [6.45, 7) is 4.62. The van der Waals surface area contributed by atoms with E-state index in [1.807, 2.05) is 56.3 Å². The molecular weight excluding hydrogens is 226 g/mol. The Kier molecular flexibility index (Phi) is 6.15. The Morgan fingerprint density at radius 1 is 1.33 bits per heavy atom. The molecule has 1 aromatic carbocycles. The van der Waals surface area contributed by atoms with Crippen molar-refractivity contribution in [1.82, 2.24) is 5.32 Å². The SMILES string of the molecule is CC(C)C[C@H](NC/C=C\c1ccccc1)C(=O)O. The van der Waals surface area contributed by atoms with Gasteiger partial charge in [-0.25, -0.2) is 0 Å². The van der Waals surface area contributed by atoms with Crippen molar-refractivity contribution in [3.63, 3.8) is 0 Å². The molecule has 0 saturated carbocycles. The summed E-state index contributed by atoms with van der Waals surface area (Å²) in [7, 11) is 0. The van der Waals surface area contributed by atoms with Crippen molar-refractivity contribution in [3.8, 4) is 0 Å². The normalized spacial score (nSPS) is 13.1. The topological polar surface area (TPSA) is 49.3 Å². The third-order valence-electron chi connectivity index (χ3n) is 2.60. The lowest BCUT2D eigenvalue weighted by atomic mass is 10.0. The zero-order valence-electron chi connectivity index (χ0n) is 11.0. The summed E-state index contributed by atoms with van der Waals surface area (Å²) in [4.78, 5) is 11.0. The summed E-state index contributed by atoms with van der Waals surface area (Å²) in [6, 6.07) is 9.49. The number of carboxylic acid groups (broad SMARTS) is 1. The summed E-state index contributed by atoms with van der Waals surface area (Å²) >= 11 is 0. The molecule has 98 valence electrons. The number of hydrogen-bond donors (Lipinski definition) is 2. The molecule has 0 aliphatic carbocycles. The Labute approximate surface area is 109 Å². The first-order valence-corrected chi connectivity index (χ1v) is 6.27. The van der Waals surface area contributed by atoms with E-state index in [2.05, 4.69) is 5.32 Å². The molecule has 0 aliphatic heterocycles. The van der Waals surface area contributed by atoms with E-state index in [4.69, 9.17) is 5.11 Å². The van der Waals surface area contributed by atoms with Crippen LogP contribution in [-0.2, 0) is 4.79 Å². The van der Waals surface area contributed by atoms with Crippen LogP contribution in [0.2, 0.25) is 0 Å². The lowest BCUT2D eigenvalue weighted by Crippen LogP contribution is -2.37. The van der Waals surface area contributed by atoms with Crippen LogP contribution in [0.5, 0.6) is 0 Å². The molecule has 0 radical (unpaired) electrons. The summed E-state index contributed by atoms with van der Waals surface area (Å²) in [5.41, 5.74) is 1.12. The van der Waals surface area contributed by atoms with Crippen molar-refractivity contribution in [2.45, 2.75) is 26.3 Å². The summed E-state index contributed by atoms with van der Waals surface area (Å²) in [6.07, 6.45) is 4.58. The molecule has 1 aromatic rings. The predicted molar refractivity (Wildman–Crippen MR) is 74.4 cm³/mol. The van der Waals surface area contributed by atoms with Gasteiger partial charge in [-0.2, -0.15) is 0 Å². The van der Waals surface area contributed by atoms with Crippen LogP contribution >= 0.6 is 0 Å². The third-order valence-corrected chi connectivity index (χ3v) is 2.60. The molecule has 1 atom stereocenters. The number of carbonyl (C=O) groups is 1. The number of aliphatic carboxylic acids is 1. The van der Waals surface area contributed by atoms with Gasteiger partial charge in [0.05, 0.1) is 0 Å². The molecule has 0 unspecified atom stereocenters. The van der Waals surface area contributed by atoms with Gasteiger partial charge in [-0.05, 0) is 17.9 Å². The minimum absolute atomic E-state index is 0.372. The van der Waals surface area contributed by atoms with Crippen LogP contribution in [-0.4, -0.2) is 23.7 Å². The van der Waals surface area contributed by atoms with E-state index in [9.17, 15) is 4.79 Å². The molecule has 0 saturated heterocycles. The molecule has 3 heteroatoms. The first-order chi connectivity index (χ1) is 8.59. The molecule has 1 rings (SSSR count). The van der Waals surface area contributed by atoms with Crippen molar-refractivity contribution in [3.05, 3.63) is 42.0 Å². The fraction of sp³-hybridized carbons (Fsp3) is 0.400. The van der Waals surface area contributed by atoms with Gasteiger partial charge in [0.1, 0.15) is 6.04 Å². The molecule has 0 fully saturated rings. The highest BCUT2D eigenvalue weighted by Crippen LogP contribution is 2.05. The Morgan fingerprint density at radius 2 is 2.00 bits per heavy atom. The van der Waals surface area contributed by atoms with Crippen molar-refractivity contribution in [1.29, 1.82) is 0 Å². The molecule has 0 aliphatic rings. The maximum Gasteiger partial charge on any atom is 0.320 e. The van der Waals surface area contributed by atoms with Crippen molar-refractivity contribution >= 4 is 12.0 Å². The fourth-order valence-corrected chi connectivity index (χ4v) is 1.71. The Morgan fingerprint density at radius 3 is 2.56 bits per heavy atom. The Balaban J connectivity index is 2.39. The minimum atomic E-state index is -0.781. The average molecular weight is 247 g/mol. The molecular formula is C15H21NO2. The van der Waals surface area contributed by atoms with Gasteiger partial charge in [-0.1, -0.05) is 56.3 Å². The predicted octanol–water partition coefficient (Wildman–Crippen LogP) is 2.79. The van der Waals surface area contributed by atoms with Gasteiger partial charge < -0.3 is 10.4 Å². The van der Waals surface area contributed by atoms with Gasteiger partial charge in [0.25, 0.3) is 0 Å². The molecule has 2 N–H and O–H groups in total. The van der Waals surface area contributed by atoms with Crippen LogP contribution in [0.25, 0.3) is 6.08 Å². The van der Waals surface area contributed by atoms with Crippen molar-refractivity contribution in [2.75, 3.05) is 6.54 Å². The van der Waals surface area contributed by atoms with Crippen LogP contribution in [0.4, 0.5) is 0 Å². The minimum Gasteiger partial charge on any atom is -0.480 e. The van der Waals surface area contributed by atoms with Gasteiger partial charge in [0.2, 0.25) is 0 Å². The first-order valence-electron chi connectivity index (χ1n) is 6.27. The summed E-state index contributed by atoms with van der Waals surface area (Å²) in [5, 5.41) is 12.1. The highest BCUT2D eigenvalue weighted by atomic mass is 16.4. The van der Waals surface area contributed by atoms with Gasteiger partial charge >= 0.3 is 5.97 Å². The first kappa shape index (κ1) is 14.5. The lowest BCUT2D eigenvalue weighted by Gasteiger charge is -2.15. The van der Waals surface area contributed by atoms with Crippen molar-refractivity contribution < 1.29 is 9.90 Å². The van der Waals surface area contributed by atoms with E-state index in [0.29, 0.717) is 18.9 Å². The highest BCUT2D eigenvalue weighted by molar-refractivity contribution is 5.73. The molecule has 0 aromatic heterocycles. The lowest BCUT2D eigenvalue weighted by molar-refractivity contribution is -0.139. The Hall–Kier alpha value is -1.61. The zero-order chi connectivity index (χ0) is 13.4. The summed E-state index contributed by atoms with van der Waals surface area (Å²) < 4.78 is 0. The second-order valence-corrected chi connectivity index (χ2v) is 4.74. The molecule has 0 bridgehead atoms. The smallest absolute Gasteiger partial charge is 0.320 e. The second-order valence-electron chi connectivity index (χ2n) is 4.74. The van der Waals surface area contributed by atoms with Crippen LogP contribution in [0.1, 0.15) is 25.8 Å². The van der Waals surface area contributed by atoms with E-state index < -0.39 is 12.0 Å².